The van der Waals surface area contributed by atoms with Crippen molar-refractivity contribution in [3.05, 3.63) is 5.51 Å². The summed E-state index contributed by atoms with van der Waals surface area (Å²) in [6, 6.07) is 0. The summed E-state index contributed by atoms with van der Waals surface area (Å²) in [4.78, 5) is 11.1. The van der Waals surface area contributed by atoms with Crippen LogP contribution in [0.25, 0.3) is 0 Å². The number of carbonyl (C=O) groups excluding carboxylic acids is 1. The second kappa shape index (κ2) is 4.51. The zero-order valence-corrected chi connectivity index (χ0v) is 8.85. The van der Waals surface area contributed by atoms with Crippen LogP contribution in [0.5, 0.6) is 0 Å². The topological polar surface area (TPSA) is 54.9 Å². The van der Waals surface area contributed by atoms with E-state index in [1.807, 2.05) is 6.92 Å². The predicted molar refractivity (Wildman–Crippen MR) is 51.5 cm³/mol. The van der Waals surface area contributed by atoms with E-state index in [4.69, 9.17) is 0 Å². The standard InChI is InChI=1S/C6H8BrN3OS/c1-2-4(7)5(11)9-6-10-8-3-12-6/h3-4H,2H2,1H3,(H,9,10,11). The fourth-order valence-electron chi connectivity index (χ4n) is 0.597. The number of hydrogen-bond donors (Lipinski definition) is 1. The highest BCUT2D eigenvalue weighted by Crippen LogP contribution is 2.11. The fourth-order valence-corrected chi connectivity index (χ4v) is 1.16. The Labute approximate surface area is 82.5 Å². The van der Waals surface area contributed by atoms with Crippen LogP contribution < -0.4 is 5.32 Å². The number of rotatable bonds is 3. The Kier molecular flexibility index (Phi) is 3.61. The van der Waals surface area contributed by atoms with Crippen molar-refractivity contribution in [2.75, 3.05) is 5.32 Å². The lowest BCUT2D eigenvalue weighted by Gasteiger charge is -2.04. The van der Waals surface area contributed by atoms with Gasteiger partial charge in [0.1, 0.15) is 5.51 Å². The minimum atomic E-state index is -0.151. The Morgan fingerprint density at radius 3 is 3.17 bits per heavy atom. The van der Waals surface area contributed by atoms with Crippen LogP contribution in [0.15, 0.2) is 5.51 Å². The number of amides is 1. The highest BCUT2D eigenvalue weighted by Gasteiger charge is 2.13. The number of halogens is 1. The lowest BCUT2D eigenvalue weighted by atomic mass is 10.3. The summed E-state index contributed by atoms with van der Waals surface area (Å²) < 4.78 is 0. The van der Waals surface area contributed by atoms with Gasteiger partial charge in [0.2, 0.25) is 11.0 Å². The molecule has 1 unspecified atom stereocenters. The fraction of sp³-hybridized carbons (Fsp3) is 0.500. The highest BCUT2D eigenvalue weighted by atomic mass is 79.9. The van der Waals surface area contributed by atoms with E-state index in [1.165, 1.54) is 11.3 Å². The van der Waals surface area contributed by atoms with Crippen molar-refractivity contribution in [2.24, 2.45) is 0 Å². The Bertz CT molecular complexity index is 251. The van der Waals surface area contributed by atoms with Crippen LogP contribution in [-0.4, -0.2) is 20.9 Å². The molecule has 0 fully saturated rings. The molecule has 1 amide bonds. The molecule has 0 radical (unpaired) electrons. The average molecular weight is 250 g/mol. The van der Waals surface area contributed by atoms with E-state index in [0.29, 0.717) is 5.13 Å². The lowest BCUT2D eigenvalue weighted by Crippen LogP contribution is -2.21. The Morgan fingerprint density at radius 1 is 1.92 bits per heavy atom. The first-order chi connectivity index (χ1) is 5.74. The molecule has 0 aliphatic heterocycles. The molecule has 0 spiro atoms. The molecule has 4 nitrogen and oxygen atoms in total. The summed E-state index contributed by atoms with van der Waals surface area (Å²) in [6.07, 6.45) is 0.755. The zero-order chi connectivity index (χ0) is 8.97. The van der Waals surface area contributed by atoms with Crippen LogP contribution >= 0.6 is 27.3 Å². The summed E-state index contributed by atoms with van der Waals surface area (Å²) in [5, 5.41) is 10.5. The molecule has 0 saturated heterocycles. The second-order valence-corrected chi connectivity index (χ2v) is 4.05. The average Bonchev–Trinajstić information content (AvgIpc) is 2.55. The summed E-state index contributed by atoms with van der Waals surface area (Å²) in [5.74, 6) is -0.0748. The molecule has 1 aromatic heterocycles. The Balaban J connectivity index is 2.47. The van der Waals surface area contributed by atoms with Crippen LogP contribution in [0.3, 0.4) is 0 Å². The van der Waals surface area contributed by atoms with Crippen molar-refractivity contribution in [1.29, 1.82) is 0 Å². The smallest absolute Gasteiger partial charge is 0.239 e. The SMILES string of the molecule is CCC(Br)C(=O)Nc1nncs1. The first kappa shape index (κ1) is 9.60. The molecule has 0 bridgehead atoms. The number of nitrogens with zero attached hydrogens (tertiary/aromatic N) is 2. The van der Waals surface area contributed by atoms with Crippen molar-refractivity contribution in [3.63, 3.8) is 0 Å². The van der Waals surface area contributed by atoms with E-state index >= 15 is 0 Å². The maximum absolute atomic E-state index is 11.2. The molecule has 0 saturated carbocycles. The van der Waals surface area contributed by atoms with Gasteiger partial charge in [0.25, 0.3) is 0 Å². The van der Waals surface area contributed by atoms with E-state index in [1.54, 1.807) is 5.51 Å². The van der Waals surface area contributed by atoms with Gasteiger partial charge in [0.05, 0.1) is 4.83 Å². The van der Waals surface area contributed by atoms with Crippen LogP contribution in [0, 0.1) is 0 Å². The summed E-state index contributed by atoms with van der Waals surface area (Å²) in [6.45, 7) is 1.93. The monoisotopic (exact) mass is 249 g/mol. The van der Waals surface area contributed by atoms with Crippen molar-refractivity contribution in [2.45, 2.75) is 18.2 Å². The molecule has 1 aromatic rings. The molecule has 1 rings (SSSR count). The molecular formula is C6H8BrN3OS. The van der Waals surface area contributed by atoms with Crippen LogP contribution in [-0.2, 0) is 4.79 Å². The van der Waals surface area contributed by atoms with Gasteiger partial charge in [-0.1, -0.05) is 34.2 Å². The molecule has 1 atom stereocenters. The second-order valence-electron chi connectivity index (χ2n) is 2.11. The molecule has 1 heterocycles. The van der Waals surface area contributed by atoms with Crippen molar-refractivity contribution >= 4 is 38.3 Å². The largest absolute Gasteiger partial charge is 0.300 e. The van der Waals surface area contributed by atoms with Crippen molar-refractivity contribution < 1.29 is 4.79 Å². The van der Waals surface area contributed by atoms with E-state index in [-0.39, 0.29) is 10.7 Å². The summed E-state index contributed by atoms with van der Waals surface area (Å²) in [5.41, 5.74) is 1.57. The molecule has 1 N–H and O–H groups in total. The van der Waals surface area contributed by atoms with Gasteiger partial charge in [0, 0.05) is 0 Å². The van der Waals surface area contributed by atoms with E-state index in [2.05, 4.69) is 31.4 Å². The number of carbonyl (C=O) groups is 1. The number of aromatic nitrogens is 2. The van der Waals surface area contributed by atoms with Crippen LogP contribution in [0.4, 0.5) is 5.13 Å². The van der Waals surface area contributed by atoms with E-state index in [0.717, 1.165) is 6.42 Å². The van der Waals surface area contributed by atoms with Gasteiger partial charge in [0.15, 0.2) is 0 Å². The summed E-state index contributed by atoms with van der Waals surface area (Å²) in [7, 11) is 0. The van der Waals surface area contributed by atoms with Crippen LogP contribution in [0.1, 0.15) is 13.3 Å². The third kappa shape index (κ3) is 2.53. The Morgan fingerprint density at radius 2 is 2.67 bits per heavy atom. The minimum absolute atomic E-state index is 0.0748. The number of anilines is 1. The molecular weight excluding hydrogens is 242 g/mol. The van der Waals surface area contributed by atoms with Crippen LogP contribution in [0.2, 0.25) is 0 Å². The lowest BCUT2D eigenvalue weighted by molar-refractivity contribution is -0.115. The molecule has 12 heavy (non-hydrogen) atoms. The van der Waals surface area contributed by atoms with Crippen molar-refractivity contribution in [1.82, 2.24) is 10.2 Å². The maximum atomic E-state index is 11.2. The first-order valence-corrected chi connectivity index (χ1v) is 5.24. The summed E-state index contributed by atoms with van der Waals surface area (Å²) >= 11 is 4.54. The van der Waals surface area contributed by atoms with Crippen molar-refractivity contribution in [3.8, 4) is 0 Å². The minimum Gasteiger partial charge on any atom is -0.300 e. The van der Waals surface area contributed by atoms with Gasteiger partial charge in [-0.3, -0.25) is 10.1 Å². The van der Waals surface area contributed by atoms with E-state index < -0.39 is 0 Å². The number of alkyl halides is 1. The highest BCUT2D eigenvalue weighted by molar-refractivity contribution is 9.10. The number of hydrogen-bond acceptors (Lipinski definition) is 4. The van der Waals surface area contributed by atoms with Gasteiger partial charge < -0.3 is 0 Å². The third-order valence-corrected chi connectivity index (χ3v) is 2.90. The van der Waals surface area contributed by atoms with Gasteiger partial charge in [-0.05, 0) is 6.42 Å². The number of nitrogens with one attached hydrogen (secondary N) is 1. The van der Waals surface area contributed by atoms with E-state index in [9.17, 15) is 4.79 Å². The molecule has 0 aliphatic rings. The van der Waals surface area contributed by atoms with Gasteiger partial charge in [-0.15, -0.1) is 10.2 Å². The van der Waals surface area contributed by atoms with Gasteiger partial charge in [-0.2, -0.15) is 0 Å². The predicted octanol–water partition coefficient (Wildman–Crippen LogP) is 1.65. The molecule has 0 aliphatic carbocycles. The normalized spacial score (nSPS) is 12.5. The zero-order valence-electron chi connectivity index (χ0n) is 6.45. The van der Waals surface area contributed by atoms with Gasteiger partial charge >= 0.3 is 0 Å². The molecule has 66 valence electrons. The molecule has 6 heteroatoms. The Hall–Kier alpha value is -0.490. The maximum Gasteiger partial charge on any atom is 0.239 e. The first-order valence-electron chi connectivity index (χ1n) is 3.45. The van der Waals surface area contributed by atoms with Gasteiger partial charge in [-0.25, -0.2) is 0 Å². The third-order valence-electron chi connectivity index (χ3n) is 1.23. The molecule has 0 aromatic carbocycles. The quantitative estimate of drug-likeness (QED) is 0.830.